The molecule has 11 heavy (non-hydrogen) atoms. The van der Waals surface area contributed by atoms with Gasteiger partial charge in [-0.15, -0.1) is 0 Å². The third-order valence-electron chi connectivity index (χ3n) is 1.19. The molecule has 1 atom stereocenters. The van der Waals surface area contributed by atoms with Gasteiger partial charge < -0.3 is 0 Å². The second kappa shape index (κ2) is 4.85. The summed E-state index contributed by atoms with van der Waals surface area (Å²) in [4.78, 5) is 0. The molecule has 0 radical (unpaired) electrons. The Labute approximate surface area is 67.0 Å². The fourth-order valence-electron chi connectivity index (χ4n) is 0.533. The number of rotatable bonds is 5. The molecule has 0 aliphatic rings. The minimum Gasteiger partial charge on any atom is -0.299 e. The van der Waals surface area contributed by atoms with Crippen molar-refractivity contribution in [3.8, 4) is 0 Å². The number of hydrogen-bond donors (Lipinski definition) is 1. The molecule has 1 unspecified atom stereocenters. The molecule has 0 aliphatic carbocycles. The van der Waals surface area contributed by atoms with Gasteiger partial charge in [0.15, 0.2) is 0 Å². The van der Waals surface area contributed by atoms with Crippen LogP contribution in [0, 0.1) is 0 Å². The standard InChI is InChI=1S/C5H15N2O3P/c1-4-7(5-2)10-11(6,8)9-3/h4-5H2,1-3H3,(H2,6,8). The van der Waals surface area contributed by atoms with E-state index in [1.807, 2.05) is 13.8 Å². The Hall–Kier alpha value is 0.0700. The van der Waals surface area contributed by atoms with E-state index in [4.69, 9.17) is 10.1 Å². The molecule has 2 N–H and O–H groups in total. The molecule has 0 bridgehead atoms. The molecular weight excluding hydrogens is 167 g/mol. The third kappa shape index (κ3) is 4.50. The lowest BCUT2D eigenvalue weighted by atomic mass is 10.6. The monoisotopic (exact) mass is 182 g/mol. The lowest BCUT2D eigenvalue weighted by Gasteiger charge is -2.20. The van der Waals surface area contributed by atoms with E-state index in [0.717, 1.165) is 0 Å². The summed E-state index contributed by atoms with van der Waals surface area (Å²) in [5, 5.41) is 1.48. The summed E-state index contributed by atoms with van der Waals surface area (Å²) in [7, 11) is -2.08. The van der Waals surface area contributed by atoms with Gasteiger partial charge in [0.05, 0.1) is 0 Å². The zero-order valence-corrected chi connectivity index (χ0v) is 8.01. The summed E-state index contributed by atoms with van der Waals surface area (Å²) in [6.45, 7) is 5.00. The van der Waals surface area contributed by atoms with E-state index in [1.165, 1.54) is 12.2 Å². The molecule has 5 nitrogen and oxygen atoms in total. The molecule has 68 valence electrons. The Bertz CT molecular complexity index is 149. The van der Waals surface area contributed by atoms with E-state index in [0.29, 0.717) is 13.1 Å². The normalized spacial score (nSPS) is 16.8. The highest BCUT2D eigenvalue weighted by atomic mass is 31.2. The van der Waals surface area contributed by atoms with Crippen LogP contribution in [0.2, 0.25) is 0 Å². The summed E-state index contributed by atoms with van der Waals surface area (Å²) in [5.41, 5.74) is 5.14. The lowest BCUT2D eigenvalue weighted by molar-refractivity contribution is -0.0603. The molecule has 0 saturated carbocycles. The van der Waals surface area contributed by atoms with E-state index >= 15 is 0 Å². The van der Waals surface area contributed by atoms with E-state index in [2.05, 4.69) is 4.52 Å². The van der Waals surface area contributed by atoms with Crippen molar-refractivity contribution >= 4 is 7.75 Å². The molecule has 0 spiro atoms. The predicted octanol–water partition coefficient (Wildman–Crippen LogP) is 0.973. The largest absolute Gasteiger partial charge is 0.419 e. The molecule has 0 amide bonds. The maximum atomic E-state index is 11.0. The number of hydroxylamine groups is 2. The SMILES string of the molecule is CCN(CC)OP(N)(=O)OC. The zero-order chi connectivity index (χ0) is 8.91. The van der Waals surface area contributed by atoms with Crippen molar-refractivity contribution in [3.63, 3.8) is 0 Å². The minimum atomic E-state index is -3.34. The van der Waals surface area contributed by atoms with E-state index in [-0.39, 0.29) is 0 Å². The van der Waals surface area contributed by atoms with E-state index < -0.39 is 7.75 Å². The summed E-state index contributed by atoms with van der Waals surface area (Å²) >= 11 is 0. The smallest absolute Gasteiger partial charge is 0.299 e. The van der Waals surface area contributed by atoms with Gasteiger partial charge in [-0.05, 0) is 0 Å². The fourth-order valence-corrected chi connectivity index (χ4v) is 1.15. The first-order valence-corrected chi connectivity index (χ1v) is 5.06. The first kappa shape index (κ1) is 11.1. The van der Waals surface area contributed by atoms with Gasteiger partial charge in [-0.3, -0.25) is 4.52 Å². The molecule has 0 heterocycles. The average molecular weight is 182 g/mol. The molecular formula is C5H15N2O3P. The van der Waals surface area contributed by atoms with Crippen molar-refractivity contribution in [1.82, 2.24) is 5.06 Å². The third-order valence-corrected chi connectivity index (χ3v) is 2.16. The Morgan fingerprint density at radius 2 is 1.91 bits per heavy atom. The van der Waals surface area contributed by atoms with Crippen LogP contribution in [0.15, 0.2) is 0 Å². The molecule has 0 aliphatic heterocycles. The van der Waals surface area contributed by atoms with Crippen molar-refractivity contribution in [1.29, 1.82) is 0 Å². The molecule has 0 aromatic carbocycles. The predicted molar refractivity (Wildman–Crippen MR) is 42.8 cm³/mol. The van der Waals surface area contributed by atoms with Crippen molar-refractivity contribution < 1.29 is 13.7 Å². The van der Waals surface area contributed by atoms with Gasteiger partial charge in [0.1, 0.15) is 0 Å². The quantitative estimate of drug-likeness (QED) is 0.507. The van der Waals surface area contributed by atoms with Gasteiger partial charge in [-0.1, -0.05) is 13.8 Å². The fraction of sp³-hybridized carbons (Fsp3) is 1.00. The van der Waals surface area contributed by atoms with Crippen molar-refractivity contribution in [2.75, 3.05) is 20.2 Å². The first-order valence-electron chi connectivity index (χ1n) is 3.44. The summed E-state index contributed by atoms with van der Waals surface area (Å²) in [6, 6.07) is 0. The van der Waals surface area contributed by atoms with E-state index in [1.54, 1.807) is 0 Å². The Morgan fingerprint density at radius 1 is 1.45 bits per heavy atom. The average Bonchev–Trinajstić information content (AvgIpc) is 2.00. The highest BCUT2D eigenvalue weighted by molar-refractivity contribution is 7.51. The molecule has 0 aromatic heterocycles. The molecule has 0 aromatic rings. The molecule has 0 saturated heterocycles. The second-order valence-corrected chi connectivity index (χ2v) is 3.53. The highest BCUT2D eigenvalue weighted by Crippen LogP contribution is 2.38. The molecule has 6 heteroatoms. The van der Waals surface area contributed by atoms with Crippen LogP contribution >= 0.6 is 7.75 Å². The van der Waals surface area contributed by atoms with Crippen LogP contribution in [0.3, 0.4) is 0 Å². The van der Waals surface area contributed by atoms with Crippen LogP contribution in [0.4, 0.5) is 0 Å². The van der Waals surface area contributed by atoms with Crippen molar-refractivity contribution in [2.24, 2.45) is 5.50 Å². The minimum absolute atomic E-state index is 0.626. The van der Waals surface area contributed by atoms with E-state index in [9.17, 15) is 4.57 Å². The second-order valence-electron chi connectivity index (χ2n) is 1.92. The van der Waals surface area contributed by atoms with Crippen LogP contribution in [0.1, 0.15) is 13.8 Å². The highest BCUT2D eigenvalue weighted by Gasteiger charge is 2.19. The Kier molecular flexibility index (Phi) is 4.88. The van der Waals surface area contributed by atoms with Crippen LogP contribution in [-0.4, -0.2) is 25.3 Å². The Morgan fingerprint density at radius 3 is 2.18 bits per heavy atom. The summed E-state index contributed by atoms with van der Waals surface area (Å²) in [5.74, 6) is 0. The van der Waals surface area contributed by atoms with Gasteiger partial charge in [0.25, 0.3) is 0 Å². The molecule has 0 fully saturated rings. The summed E-state index contributed by atoms with van der Waals surface area (Å²) < 4.78 is 20.3. The van der Waals surface area contributed by atoms with Gasteiger partial charge in [-0.25, -0.2) is 14.7 Å². The van der Waals surface area contributed by atoms with Crippen LogP contribution in [0.25, 0.3) is 0 Å². The van der Waals surface area contributed by atoms with Crippen LogP contribution in [-0.2, 0) is 13.7 Å². The van der Waals surface area contributed by atoms with Gasteiger partial charge in [0, 0.05) is 20.2 Å². The van der Waals surface area contributed by atoms with Gasteiger partial charge >= 0.3 is 7.75 Å². The van der Waals surface area contributed by atoms with Gasteiger partial charge in [0.2, 0.25) is 0 Å². The summed E-state index contributed by atoms with van der Waals surface area (Å²) in [6.07, 6.45) is 0. The maximum absolute atomic E-state index is 11.0. The number of nitrogens with two attached hydrogens (primary N) is 1. The Balaban J connectivity index is 3.90. The number of hydrogen-bond acceptors (Lipinski definition) is 4. The molecule has 0 rings (SSSR count). The van der Waals surface area contributed by atoms with Crippen LogP contribution < -0.4 is 5.50 Å². The number of nitrogens with zero attached hydrogens (tertiary/aromatic N) is 1. The lowest BCUT2D eigenvalue weighted by Crippen LogP contribution is -2.24. The zero-order valence-electron chi connectivity index (χ0n) is 7.11. The topological polar surface area (TPSA) is 64.8 Å². The van der Waals surface area contributed by atoms with Crippen molar-refractivity contribution in [2.45, 2.75) is 13.8 Å². The maximum Gasteiger partial charge on any atom is 0.419 e. The van der Waals surface area contributed by atoms with Gasteiger partial charge in [-0.2, -0.15) is 5.06 Å². The van der Waals surface area contributed by atoms with Crippen LogP contribution in [0.5, 0.6) is 0 Å². The van der Waals surface area contributed by atoms with Crippen molar-refractivity contribution in [3.05, 3.63) is 0 Å². The first-order chi connectivity index (χ1) is 5.05.